The van der Waals surface area contributed by atoms with E-state index in [0.717, 1.165) is 21.2 Å². The van der Waals surface area contributed by atoms with E-state index >= 15 is 0 Å². The first kappa shape index (κ1) is 18.3. The van der Waals surface area contributed by atoms with E-state index in [4.69, 9.17) is 17.0 Å². The first-order chi connectivity index (χ1) is 13.6. The molecule has 0 saturated heterocycles. The topological polar surface area (TPSA) is 67.4 Å². The number of carbonyl (C=O) groups is 2. The third kappa shape index (κ3) is 3.30. The molecule has 0 aliphatic carbocycles. The first-order valence-corrected chi connectivity index (χ1v) is 9.84. The van der Waals surface area contributed by atoms with Crippen molar-refractivity contribution >= 4 is 56.9 Å². The SMILES string of the molecule is COC(=O)C(=O)C1=C(c2cccs2)NC(=S)N[C@H]1c1ccc2ccccc2c1. The van der Waals surface area contributed by atoms with Crippen molar-refractivity contribution in [3.05, 3.63) is 76.0 Å². The molecule has 5 nitrogen and oxygen atoms in total. The van der Waals surface area contributed by atoms with Crippen molar-refractivity contribution in [2.24, 2.45) is 0 Å². The van der Waals surface area contributed by atoms with Crippen LogP contribution in [0.5, 0.6) is 0 Å². The lowest BCUT2D eigenvalue weighted by atomic mass is 9.90. The molecule has 0 saturated carbocycles. The highest BCUT2D eigenvalue weighted by Gasteiger charge is 2.36. The zero-order valence-electron chi connectivity index (χ0n) is 14.9. The highest BCUT2D eigenvalue weighted by atomic mass is 32.1. The summed E-state index contributed by atoms with van der Waals surface area (Å²) in [6, 6.07) is 17.1. The number of thiophene rings is 1. The smallest absolute Gasteiger partial charge is 0.379 e. The van der Waals surface area contributed by atoms with Crippen LogP contribution in [0.3, 0.4) is 0 Å². The molecule has 140 valence electrons. The average molecular weight is 409 g/mol. The molecule has 7 heteroatoms. The molecule has 4 rings (SSSR count). The van der Waals surface area contributed by atoms with E-state index in [1.807, 2.05) is 60.0 Å². The first-order valence-electron chi connectivity index (χ1n) is 8.55. The second kappa shape index (κ2) is 7.53. The van der Waals surface area contributed by atoms with Crippen molar-refractivity contribution in [2.75, 3.05) is 7.11 Å². The van der Waals surface area contributed by atoms with Gasteiger partial charge in [-0.15, -0.1) is 11.3 Å². The van der Waals surface area contributed by atoms with Gasteiger partial charge in [-0.05, 0) is 46.1 Å². The molecule has 2 N–H and O–H groups in total. The largest absolute Gasteiger partial charge is 0.463 e. The Kier molecular flexibility index (Phi) is 4.93. The molecule has 0 radical (unpaired) electrons. The van der Waals surface area contributed by atoms with E-state index in [9.17, 15) is 9.59 Å². The maximum atomic E-state index is 12.9. The van der Waals surface area contributed by atoms with Crippen LogP contribution in [0.1, 0.15) is 16.5 Å². The van der Waals surface area contributed by atoms with Gasteiger partial charge in [0.15, 0.2) is 5.11 Å². The van der Waals surface area contributed by atoms with E-state index < -0.39 is 17.8 Å². The molecule has 3 aromatic rings. The summed E-state index contributed by atoms with van der Waals surface area (Å²) in [7, 11) is 1.20. The number of Topliss-reactive ketones (excluding diaryl/α,β-unsaturated/α-hetero) is 1. The molecular formula is C21H16N2O3S2. The van der Waals surface area contributed by atoms with Gasteiger partial charge in [0, 0.05) is 0 Å². The van der Waals surface area contributed by atoms with Crippen LogP contribution in [0.2, 0.25) is 0 Å². The molecule has 0 spiro atoms. The normalized spacial score (nSPS) is 16.5. The number of esters is 1. The maximum absolute atomic E-state index is 12.9. The quantitative estimate of drug-likeness (QED) is 0.391. The summed E-state index contributed by atoms with van der Waals surface area (Å²) in [5.41, 5.74) is 1.66. The van der Waals surface area contributed by atoms with Crippen LogP contribution >= 0.6 is 23.6 Å². The molecule has 2 aromatic carbocycles. The monoisotopic (exact) mass is 408 g/mol. The number of fused-ring (bicyclic) bond motifs is 1. The fraction of sp³-hybridized carbons (Fsp3) is 0.0952. The highest BCUT2D eigenvalue weighted by Crippen LogP contribution is 2.34. The number of hydrogen-bond acceptors (Lipinski definition) is 5. The molecule has 28 heavy (non-hydrogen) atoms. The van der Waals surface area contributed by atoms with Crippen LogP contribution in [0.4, 0.5) is 0 Å². The van der Waals surface area contributed by atoms with Crippen molar-refractivity contribution in [1.29, 1.82) is 0 Å². The molecule has 0 unspecified atom stereocenters. The summed E-state index contributed by atoms with van der Waals surface area (Å²) in [5.74, 6) is -1.61. The summed E-state index contributed by atoms with van der Waals surface area (Å²) in [6.45, 7) is 0. The van der Waals surface area contributed by atoms with Gasteiger partial charge in [-0.1, -0.05) is 42.5 Å². The summed E-state index contributed by atoms with van der Waals surface area (Å²) in [4.78, 5) is 25.9. The Hall–Kier alpha value is -3.03. The number of rotatable bonds is 4. The minimum absolute atomic E-state index is 0.290. The molecule has 0 bridgehead atoms. The third-order valence-electron chi connectivity index (χ3n) is 4.56. The standard InChI is InChI=1S/C21H16N2O3S2/c1-26-20(25)19(24)16-17(14-9-8-12-5-2-3-6-13(12)11-14)22-21(27)23-18(16)15-7-4-10-28-15/h2-11,17H,1H3,(H2,22,23,27)/t17-/m0/s1. The van der Waals surface area contributed by atoms with Gasteiger partial charge in [0.2, 0.25) is 0 Å². The molecule has 1 aliphatic rings. The second-order valence-corrected chi connectivity index (χ2v) is 7.58. The van der Waals surface area contributed by atoms with Gasteiger partial charge in [0.1, 0.15) is 0 Å². The Balaban J connectivity index is 1.91. The molecule has 1 aromatic heterocycles. The van der Waals surface area contributed by atoms with Crippen LogP contribution in [0, 0.1) is 0 Å². The van der Waals surface area contributed by atoms with Crippen LogP contribution in [0.15, 0.2) is 65.6 Å². The van der Waals surface area contributed by atoms with Crippen LogP contribution in [-0.2, 0) is 14.3 Å². The number of hydrogen-bond donors (Lipinski definition) is 2. The third-order valence-corrected chi connectivity index (χ3v) is 5.67. The predicted molar refractivity (Wildman–Crippen MR) is 114 cm³/mol. The number of ketones is 1. The van der Waals surface area contributed by atoms with E-state index in [-0.39, 0.29) is 5.57 Å². The molecule has 1 aliphatic heterocycles. The predicted octanol–water partition coefficient (Wildman–Crippen LogP) is 3.57. The fourth-order valence-corrected chi connectivity index (χ4v) is 4.22. The number of nitrogens with one attached hydrogen (secondary N) is 2. The molecule has 0 fully saturated rings. The molecule has 0 amide bonds. The van der Waals surface area contributed by atoms with Gasteiger partial charge in [0.05, 0.1) is 29.3 Å². The fourth-order valence-electron chi connectivity index (χ4n) is 3.26. The van der Waals surface area contributed by atoms with Gasteiger partial charge in [-0.25, -0.2) is 4.79 Å². The molecule has 2 heterocycles. The summed E-state index contributed by atoms with van der Waals surface area (Å²) >= 11 is 6.84. The second-order valence-electron chi connectivity index (χ2n) is 6.22. The summed E-state index contributed by atoms with van der Waals surface area (Å²) < 4.78 is 4.70. The lowest BCUT2D eigenvalue weighted by Gasteiger charge is -2.30. The summed E-state index contributed by atoms with van der Waals surface area (Å²) in [5, 5.41) is 10.6. The number of benzene rings is 2. The average Bonchev–Trinajstić information content (AvgIpc) is 3.26. The van der Waals surface area contributed by atoms with Gasteiger partial charge in [0.25, 0.3) is 5.78 Å². The van der Waals surface area contributed by atoms with Crippen molar-refractivity contribution in [1.82, 2.24) is 10.6 Å². The Morgan fingerprint density at radius 1 is 1.07 bits per heavy atom. The van der Waals surface area contributed by atoms with Crippen molar-refractivity contribution < 1.29 is 14.3 Å². The Morgan fingerprint density at radius 2 is 1.86 bits per heavy atom. The number of ether oxygens (including phenoxy) is 1. The number of carbonyl (C=O) groups excluding carboxylic acids is 2. The molecule has 1 atom stereocenters. The van der Waals surface area contributed by atoms with Gasteiger partial charge >= 0.3 is 5.97 Å². The van der Waals surface area contributed by atoms with Gasteiger partial charge in [-0.2, -0.15) is 0 Å². The van der Waals surface area contributed by atoms with E-state index in [0.29, 0.717) is 10.8 Å². The van der Waals surface area contributed by atoms with Crippen LogP contribution in [0.25, 0.3) is 16.5 Å². The lowest BCUT2D eigenvalue weighted by molar-refractivity contribution is -0.150. The maximum Gasteiger partial charge on any atom is 0.379 e. The Bertz CT molecular complexity index is 1120. The van der Waals surface area contributed by atoms with E-state index in [1.165, 1.54) is 18.4 Å². The van der Waals surface area contributed by atoms with Crippen molar-refractivity contribution in [3.8, 4) is 0 Å². The Labute approximate surface area is 171 Å². The number of thiocarbonyl (C=S) groups is 1. The van der Waals surface area contributed by atoms with Crippen molar-refractivity contribution in [2.45, 2.75) is 6.04 Å². The van der Waals surface area contributed by atoms with Gasteiger partial charge in [-0.3, -0.25) is 4.79 Å². The molecular weight excluding hydrogens is 392 g/mol. The van der Waals surface area contributed by atoms with Crippen molar-refractivity contribution in [3.63, 3.8) is 0 Å². The summed E-state index contributed by atoms with van der Waals surface area (Å²) in [6.07, 6.45) is 0. The zero-order chi connectivity index (χ0) is 19.7. The van der Waals surface area contributed by atoms with Crippen LogP contribution in [-0.4, -0.2) is 24.0 Å². The lowest BCUT2D eigenvalue weighted by Crippen LogP contribution is -2.45. The minimum Gasteiger partial charge on any atom is -0.463 e. The highest BCUT2D eigenvalue weighted by molar-refractivity contribution is 7.80. The number of methoxy groups -OCH3 is 1. The van der Waals surface area contributed by atoms with E-state index in [2.05, 4.69) is 10.6 Å². The zero-order valence-corrected chi connectivity index (χ0v) is 16.5. The van der Waals surface area contributed by atoms with E-state index in [1.54, 1.807) is 0 Å². The van der Waals surface area contributed by atoms with Gasteiger partial charge < -0.3 is 15.4 Å². The minimum atomic E-state index is -0.911. The Morgan fingerprint density at radius 3 is 2.57 bits per heavy atom. The van der Waals surface area contributed by atoms with Crippen LogP contribution < -0.4 is 10.6 Å².